The Kier molecular flexibility index (Phi) is 7.09. The summed E-state index contributed by atoms with van der Waals surface area (Å²) in [6, 6.07) is 0. The third-order valence-corrected chi connectivity index (χ3v) is 6.95. The quantitative estimate of drug-likeness (QED) is 0.230. The maximum Gasteiger partial charge on any atom is 0.439 e. The number of alkyl halides is 6. The lowest BCUT2D eigenvalue weighted by Crippen LogP contribution is -2.64. The first kappa shape index (κ1) is 26.3. The molecule has 1 N–H and O–H groups in total. The van der Waals surface area contributed by atoms with E-state index in [1.807, 2.05) is 0 Å². The number of allylic oxidation sites excluding steroid dienone is 1. The molecular formula is C13H16F6N2O7S2. The minimum atomic E-state index is -7.11. The topological polar surface area (TPSA) is 129 Å². The highest BCUT2D eigenvalue weighted by atomic mass is 32.2. The molecule has 0 aliphatic carbocycles. The van der Waals surface area contributed by atoms with Crippen LogP contribution in [0.15, 0.2) is 12.2 Å². The monoisotopic (exact) mass is 490 g/mol. The first-order valence-electron chi connectivity index (χ1n) is 7.78. The Morgan fingerprint density at radius 2 is 1.37 bits per heavy atom. The number of carbonyl (C=O) groups excluding carboxylic acids is 2. The molecule has 1 heterocycles. The van der Waals surface area contributed by atoms with Gasteiger partial charge in [-0.3, -0.25) is 14.1 Å². The van der Waals surface area contributed by atoms with E-state index in [4.69, 9.17) is 4.55 Å². The van der Waals surface area contributed by atoms with Gasteiger partial charge in [0.1, 0.15) is 0 Å². The van der Waals surface area contributed by atoms with E-state index in [1.165, 1.54) is 6.92 Å². The van der Waals surface area contributed by atoms with Crippen molar-refractivity contribution in [1.82, 2.24) is 9.21 Å². The Bertz CT molecular complexity index is 941. The van der Waals surface area contributed by atoms with Crippen LogP contribution in [-0.2, 0) is 29.7 Å². The first-order valence-corrected chi connectivity index (χ1v) is 10.7. The van der Waals surface area contributed by atoms with Crippen molar-refractivity contribution in [2.45, 2.75) is 29.8 Å². The summed E-state index contributed by atoms with van der Waals surface area (Å²) in [5.74, 6) is -8.53. The van der Waals surface area contributed by atoms with Crippen LogP contribution in [0.4, 0.5) is 26.3 Å². The molecule has 30 heavy (non-hydrogen) atoms. The van der Waals surface area contributed by atoms with Gasteiger partial charge in [-0.15, -0.1) is 0 Å². The molecule has 0 radical (unpaired) electrons. The Balaban J connectivity index is 3.07. The van der Waals surface area contributed by atoms with E-state index in [1.54, 1.807) is 0 Å². The molecule has 0 aromatic heterocycles. The van der Waals surface area contributed by atoms with E-state index >= 15 is 0 Å². The maximum absolute atomic E-state index is 13.9. The Morgan fingerprint density at radius 3 is 1.73 bits per heavy atom. The Morgan fingerprint density at radius 1 is 0.933 bits per heavy atom. The van der Waals surface area contributed by atoms with Crippen molar-refractivity contribution in [3.63, 3.8) is 0 Å². The maximum atomic E-state index is 13.9. The summed E-state index contributed by atoms with van der Waals surface area (Å²) >= 11 is 0. The molecule has 1 rings (SSSR count). The molecule has 0 aromatic rings. The lowest BCUT2D eigenvalue weighted by molar-refractivity contribution is -0.247. The summed E-state index contributed by atoms with van der Waals surface area (Å²) < 4.78 is 134. The van der Waals surface area contributed by atoms with Crippen LogP contribution in [0.1, 0.15) is 13.3 Å². The first-order chi connectivity index (χ1) is 13.2. The van der Waals surface area contributed by atoms with Crippen LogP contribution in [-0.4, -0.2) is 84.9 Å². The van der Waals surface area contributed by atoms with Gasteiger partial charge in [-0.05, 0) is 12.5 Å². The summed E-state index contributed by atoms with van der Waals surface area (Å²) in [4.78, 5) is 24.2. The number of ketones is 1. The van der Waals surface area contributed by atoms with E-state index in [2.05, 4.69) is 6.58 Å². The minimum absolute atomic E-state index is 0.0335. The lowest BCUT2D eigenvalue weighted by atomic mass is 10.1. The van der Waals surface area contributed by atoms with E-state index in [-0.39, 0.29) is 9.88 Å². The number of hydrogen-bond acceptors (Lipinski definition) is 6. The SMILES string of the molecule is C=C(C)C(=O)CC(=O)N1CCN(S(=O)(=O)C(F)(F)C(F)(F)C(F)(F)S(=O)(=O)O)CC1. The van der Waals surface area contributed by atoms with Crippen LogP contribution in [0.25, 0.3) is 0 Å². The van der Waals surface area contributed by atoms with Crippen LogP contribution in [0.2, 0.25) is 0 Å². The zero-order valence-electron chi connectivity index (χ0n) is 15.1. The van der Waals surface area contributed by atoms with Crippen molar-refractivity contribution in [2.75, 3.05) is 26.2 Å². The Hall–Kier alpha value is -1.72. The second kappa shape index (κ2) is 8.08. The van der Waals surface area contributed by atoms with Crippen LogP contribution < -0.4 is 0 Å². The molecule has 1 fully saturated rings. The molecule has 0 atom stereocenters. The van der Waals surface area contributed by atoms with Gasteiger partial charge in [-0.2, -0.15) is 39.1 Å². The number of nitrogens with zero attached hydrogens (tertiary/aromatic N) is 2. The molecule has 9 nitrogen and oxygen atoms in total. The van der Waals surface area contributed by atoms with Crippen molar-refractivity contribution in [3.05, 3.63) is 12.2 Å². The normalized spacial score (nSPS) is 17.7. The average molecular weight is 490 g/mol. The van der Waals surface area contributed by atoms with Crippen molar-refractivity contribution in [3.8, 4) is 0 Å². The smallest absolute Gasteiger partial charge is 0.340 e. The van der Waals surface area contributed by atoms with Gasteiger partial charge >= 0.3 is 26.5 Å². The molecule has 0 spiro atoms. The Labute approximate surface area is 167 Å². The highest BCUT2D eigenvalue weighted by molar-refractivity contribution is 7.90. The molecule has 1 saturated heterocycles. The minimum Gasteiger partial charge on any atom is -0.340 e. The molecule has 0 bridgehead atoms. The number of piperazine rings is 1. The van der Waals surface area contributed by atoms with Gasteiger partial charge in [-0.25, -0.2) is 8.42 Å². The summed E-state index contributed by atoms with van der Waals surface area (Å²) in [5, 5.41) is -13.5. The van der Waals surface area contributed by atoms with Gasteiger partial charge in [0, 0.05) is 26.2 Å². The van der Waals surface area contributed by atoms with Crippen molar-refractivity contribution in [1.29, 1.82) is 0 Å². The third-order valence-electron chi connectivity index (χ3n) is 4.10. The van der Waals surface area contributed by atoms with Crippen LogP contribution in [0.3, 0.4) is 0 Å². The van der Waals surface area contributed by atoms with E-state index in [0.717, 1.165) is 4.90 Å². The fraction of sp³-hybridized carbons (Fsp3) is 0.692. The number of Topliss-reactive ketones (excluding diaryl/α,β-unsaturated/α-hetero) is 1. The molecule has 1 aliphatic rings. The zero-order valence-corrected chi connectivity index (χ0v) is 16.8. The van der Waals surface area contributed by atoms with Crippen molar-refractivity contribution < 1.29 is 57.3 Å². The summed E-state index contributed by atoms with van der Waals surface area (Å²) in [7, 11) is -13.7. The molecule has 0 unspecified atom stereocenters. The summed E-state index contributed by atoms with van der Waals surface area (Å²) in [5.41, 5.74) is 0.0335. The summed E-state index contributed by atoms with van der Waals surface area (Å²) in [6.07, 6.45) is -0.670. The number of rotatable bonds is 8. The van der Waals surface area contributed by atoms with E-state index in [9.17, 15) is 52.8 Å². The predicted molar refractivity (Wildman–Crippen MR) is 87.9 cm³/mol. The number of amides is 1. The van der Waals surface area contributed by atoms with Crippen LogP contribution in [0.5, 0.6) is 0 Å². The van der Waals surface area contributed by atoms with Crippen LogP contribution >= 0.6 is 0 Å². The molecule has 0 aromatic carbocycles. The molecular weight excluding hydrogens is 474 g/mol. The highest BCUT2D eigenvalue weighted by Crippen LogP contribution is 2.51. The second-order valence-electron chi connectivity index (χ2n) is 6.25. The van der Waals surface area contributed by atoms with Gasteiger partial charge in [0.05, 0.1) is 6.42 Å². The highest BCUT2D eigenvalue weighted by Gasteiger charge is 2.82. The fourth-order valence-corrected chi connectivity index (χ4v) is 4.17. The molecule has 0 saturated carbocycles. The van der Waals surface area contributed by atoms with Gasteiger partial charge in [0.2, 0.25) is 5.91 Å². The van der Waals surface area contributed by atoms with E-state index in [0.29, 0.717) is 0 Å². The predicted octanol–water partition coefficient (Wildman–Crippen LogP) is 0.704. The van der Waals surface area contributed by atoms with Crippen molar-refractivity contribution in [2.24, 2.45) is 0 Å². The standard InChI is InChI=1S/C13H16F6N2O7S2/c1-8(2)9(22)7-10(23)20-3-5-21(6-4-20)29(24,25)12(16,17)11(14,15)13(18,19)30(26,27)28/h1,3-7H2,2H3,(H,26,27,28). The second-order valence-corrected chi connectivity index (χ2v) is 9.69. The molecule has 174 valence electrons. The average Bonchev–Trinajstić information content (AvgIpc) is 2.60. The number of sulfonamides is 1. The van der Waals surface area contributed by atoms with Gasteiger partial charge in [0.25, 0.3) is 10.0 Å². The zero-order chi connectivity index (χ0) is 23.9. The molecule has 1 amide bonds. The summed E-state index contributed by atoms with van der Waals surface area (Å²) in [6.45, 7) is 1.27. The number of hydrogen-bond donors (Lipinski definition) is 1. The van der Waals surface area contributed by atoms with Gasteiger partial charge in [-0.1, -0.05) is 6.58 Å². The van der Waals surface area contributed by atoms with Crippen LogP contribution in [0, 0.1) is 0 Å². The van der Waals surface area contributed by atoms with Gasteiger partial charge in [0.15, 0.2) is 5.78 Å². The van der Waals surface area contributed by atoms with E-state index < -0.39 is 80.9 Å². The lowest BCUT2D eigenvalue weighted by Gasteiger charge is -2.38. The fourth-order valence-electron chi connectivity index (χ4n) is 2.23. The number of carbonyl (C=O) groups is 2. The van der Waals surface area contributed by atoms with Crippen molar-refractivity contribution >= 4 is 31.8 Å². The molecule has 1 aliphatic heterocycles. The largest absolute Gasteiger partial charge is 0.439 e. The number of halogens is 6. The third kappa shape index (κ3) is 4.33. The molecule has 17 heteroatoms. The van der Waals surface area contributed by atoms with Gasteiger partial charge < -0.3 is 4.90 Å².